The number of nitro benzene ring substituents is 1. The summed E-state index contributed by atoms with van der Waals surface area (Å²) in [6, 6.07) is 27.6. The molecule has 1 saturated heterocycles. The van der Waals surface area contributed by atoms with E-state index in [0.717, 1.165) is 0 Å². The van der Waals surface area contributed by atoms with E-state index in [2.05, 4.69) is 5.32 Å². The van der Waals surface area contributed by atoms with Gasteiger partial charge in [0.15, 0.2) is 5.78 Å². The van der Waals surface area contributed by atoms with Crippen LogP contribution in [-0.4, -0.2) is 45.4 Å². The maximum atomic E-state index is 14.5. The summed E-state index contributed by atoms with van der Waals surface area (Å²) in [6.07, 6.45) is 0. The first kappa shape index (κ1) is 29.0. The highest BCUT2D eigenvalue weighted by molar-refractivity contribution is 6.03. The summed E-state index contributed by atoms with van der Waals surface area (Å²) in [5.74, 6) is -3.33. The minimum absolute atomic E-state index is 0.185. The van der Waals surface area contributed by atoms with Gasteiger partial charge in [0.05, 0.1) is 24.0 Å². The van der Waals surface area contributed by atoms with E-state index in [4.69, 9.17) is 4.74 Å². The fourth-order valence-corrected chi connectivity index (χ4v) is 5.99. The highest BCUT2D eigenvalue weighted by Crippen LogP contribution is 2.57. The molecule has 0 spiro atoms. The number of aliphatic carboxylic acids is 1. The summed E-state index contributed by atoms with van der Waals surface area (Å²) in [4.78, 5) is 54.1. The number of methoxy groups -OCH3 is 1. The average molecular weight is 580 g/mol. The number of ether oxygens (including phenoxy) is 1. The zero-order valence-corrected chi connectivity index (χ0v) is 23.4. The van der Waals surface area contributed by atoms with E-state index in [9.17, 15) is 29.6 Å². The van der Waals surface area contributed by atoms with Crippen molar-refractivity contribution in [2.45, 2.75) is 24.4 Å². The third-order valence-electron chi connectivity index (χ3n) is 8.04. The summed E-state index contributed by atoms with van der Waals surface area (Å²) in [6.45, 7) is 1.42. The maximum absolute atomic E-state index is 14.5. The summed E-state index contributed by atoms with van der Waals surface area (Å²) in [5, 5.41) is 25.1. The van der Waals surface area contributed by atoms with Gasteiger partial charge in [-0.15, -0.1) is 0 Å². The predicted molar refractivity (Wildman–Crippen MR) is 159 cm³/mol. The van der Waals surface area contributed by atoms with Crippen LogP contribution in [0.25, 0.3) is 0 Å². The number of amides is 2. The number of rotatable bonds is 8. The molecular formula is C33H29N3O7. The zero-order chi connectivity index (χ0) is 30.7. The molecule has 1 aliphatic heterocycles. The summed E-state index contributed by atoms with van der Waals surface area (Å²) >= 11 is 0. The second kappa shape index (κ2) is 11.8. The molecule has 10 nitrogen and oxygen atoms in total. The van der Waals surface area contributed by atoms with Gasteiger partial charge in [-0.25, -0.2) is 9.59 Å². The summed E-state index contributed by atoms with van der Waals surface area (Å²) in [7, 11) is 1.51. The summed E-state index contributed by atoms with van der Waals surface area (Å²) < 4.78 is 5.32. The number of nitrogens with one attached hydrogen (secondary N) is 1. The SMILES string of the molecule is COc1ccc(C2C(C(=O)c3ccccc3)C(c3ccc([N+](=O)[O-])cc3)C(C)(C(=O)O)N2C(=O)Nc2ccccc2)cc1. The lowest BCUT2D eigenvalue weighted by Gasteiger charge is -2.37. The molecule has 10 heteroatoms. The molecular weight excluding hydrogens is 550 g/mol. The fraction of sp³-hybridized carbons (Fsp3) is 0.182. The van der Waals surface area contributed by atoms with E-state index in [0.29, 0.717) is 28.1 Å². The van der Waals surface area contributed by atoms with Gasteiger partial charge >= 0.3 is 12.0 Å². The van der Waals surface area contributed by atoms with Gasteiger partial charge in [-0.3, -0.25) is 19.8 Å². The second-order valence-corrected chi connectivity index (χ2v) is 10.4. The first-order chi connectivity index (χ1) is 20.7. The van der Waals surface area contributed by atoms with Crippen LogP contribution < -0.4 is 10.1 Å². The highest BCUT2D eigenvalue weighted by Gasteiger charge is 2.65. The number of carboxylic acid groups (broad SMARTS) is 1. The topological polar surface area (TPSA) is 139 Å². The lowest BCUT2D eigenvalue weighted by molar-refractivity contribution is -0.384. The number of carbonyl (C=O) groups is 3. The van der Waals surface area contributed by atoms with Gasteiger partial charge in [0, 0.05) is 29.3 Å². The van der Waals surface area contributed by atoms with E-state index < -0.39 is 40.3 Å². The van der Waals surface area contributed by atoms with Crippen molar-refractivity contribution in [3.8, 4) is 5.75 Å². The number of hydrogen-bond donors (Lipinski definition) is 2. The third kappa shape index (κ3) is 5.30. The monoisotopic (exact) mass is 579 g/mol. The van der Waals surface area contributed by atoms with Crippen LogP contribution in [-0.2, 0) is 4.79 Å². The highest BCUT2D eigenvalue weighted by atomic mass is 16.6. The standard InChI is InChI=1S/C33H29N3O7/c1-33(31(38)39)28(21-13-17-25(18-14-21)36(41)42)27(30(37)23-9-5-3-6-10-23)29(22-15-19-26(43-2)20-16-22)35(33)32(40)34-24-11-7-4-8-12-24/h3-20,27-29H,1-2H3,(H,34,40)(H,38,39). The second-order valence-electron chi connectivity index (χ2n) is 10.4. The zero-order valence-electron chi connectivity index (χ0n) is 23.4. The predicted octanol–water partition coefficient (Wildman–Crippen LogP) is 6.32. The number of ketones is 1. The molecule has 5 rings (SSSR count). The number of carboxylic acids is 1. The van der Waals surface area contributed by atoms with E-state index >= 15 is 0 Å². The largest absolute Gasteiger partial charge is 0.497 e. The van der Waals surface area contributed by atoms with Gasteiger partial charge in [-0.1, -0.05) is 72.8 Å². The number of non-ortho nitro benzene ring substituents is 1. The molecule has 4 aromatic carbocycles. The Morgan fingerprint density at radius 3 is 1.95 bits per heavy atom. The van der Waals surface area contributed by atoms with E-state index in [1.807, 2.05) is 0 Å². The molecule has 0 radical (unpaired) electrons. The molecule has 218 valence electrons. The molecule has 0 bridgehead atoms. The van der Waals surface area contributed by atoms with Crippen molar-refractivity contribution >= 4 is 29.2 Å². The minimum Gasteiger partial charge on any atom is -0.497 e. The molecule has 0 saturated carbocycles. The number of likely N-dealkylation sites (tertiary alicyclic amines) is 1. The van der Waals surface area contributed by atoms with Crippen LogP contribution in [0.1, 0.15) is 40.4 Å². The lowest BCUT2D eigenvalue weighted by Crippen LogP contribution is -2.55. The van der Waals surface area contributed by atoms with Crippen molar-refractivity contribution in [3.63, 3.8) is 0 Å². The third-order valence-corrected chi connectivity index (χ3v) is 8.04. The molecule has 1 aliphatic rings. The smallest absolute Gasteiger partial charge is 0.330 e. The number of Topliss-reactive ketones (excluding diaryl/α,β-unsaturated/α-hetero) is 1. The van der Waals surface area contributed by atoms with Gasteiger partial charge < -0.3 is 15.2 Å². The van der Waals surface area contributed by atoms with Gasteiger partial charge in [-0.05, 0) is 42.3 Å². The number of anilines is 1. The van der Waals surface area contributed by atoms with Gasteiger partial charge in [0.2, 0.25) is 0 Å². The molecule has 0 aromatic heterocycles. The molecule has 43 heavy (non-hydrogen) atoms. The average Bonchev–Trinajstić information content (AvgIpc) is 3.32. The van der Waals surface area contributed by atoms with Crippen molar-refractivity contribution in [1.82, 2.24) is 4.90 Å². The molecule has 1 fully saturated rings. The van der Waals surface area contributed by atoms with Crippen molar-refractivity contribution in [1.29, 1.82) is 0 Å². The Bertz CT molecular complexity index is 1640. The Labute approximate surface area is 247 Å². The fourth-order valence-electron chi connectivity index (χ4n) is 5.99. The van der Waals surface area contributed by atoms with Crippen molar-refractivity contribution in [3.05, 3.63) is 136 Å². The first-order valence-electron chi connectivity index (χ1n) is 13.5. The maximum Gasteiger partial charge on any atom is 0.330 e. The van der Waals surface area contributed by atoms with Crippen LogP contribution in [0.15, 0.2) is 109 Å². The van der Waals surface area contributed by atoms with Crippen molar-refractivity contribution in [2.24, 2.45) is 5.92 Å². The van der Waals surface area contributed by atoms with Crippen LogP contribution in [0.3, 0.4) is 0 Å². The molecule has 4 atom stereocenters. The Balaban J connectivity index is 1.77. The normalized spacial score (nSPS) is 21.2. The number of hydrogen-bond acceptors (Lipinski definition) is 6. The Morgan fingerprint density at radius 1 is 0.860 bits per heavy atom. The van der Waals surface area contributed by atoms with Crippen molar-refractivity contribution < 1.29 is 29.2 Å². The van der Waals surface area contributed by atoms with Crippen LogP contribution in [0, 0.1) is 16.0 Å². The van der Waals surface area contributed by atoms with E-state index in [1.165, 1.54) is 43.2 Å². The molecule has 2 amide bonds. The molecule has 4 aromatic rings. The number of urea groups is 1. The number of nitrogens with zero attached hydrogens (tertiary/aromatic N) is 2. The number of carbonyl (C=O) groups excluding carboxylic acids is 2. The van der Waals surface area contributed by atoms with E-state index in [-0.39, 0.29) is 11.5 Å². The quantitative estimate of drug-likeness (QED) is 0.141. The van der Waals surface area contributed by atoms with Gasteiger partial charge in [0.25, 0.3) is 5.69 Å². The van der Waals surface area contributed by atoms with Crippen LogP contribution >= 0.6 is 0 Å². The Hall–Kier alpha value is -5.51. The van der Waals surface area contributed by atoms with Gasteiger partial charge in [-0.2, -0.15) is 0 Å². The Kier molecular flexibility index (Phi) is 7.94. The summed E-state index contributed by atoms with van der Waals surface area (Å²) in [5.41, 5.74) is -0.465. The van der Waals surface area contributed by atoms with Crippen LogP contribution in [0.4, 0.5) is 16.2 Å². The number of para-hydroxylation sites is 1. The lowest BCUT2D eigenvalue weighted by atomic mass is 9.71. The Morgan fingerprint density at radius 2 is 1.42 bits per heavy atom. The van der Waals surface area contributed by atoms with Crippen LogP contribution in [0.5, 0.6) is 5.75 Å². The van der Waals surface area contributed by atoms with Crippen molar-refractivity contribution in [2.75, 3.05) is 12.4 Å². The van der Waals surface area contributed by atoms with Gasteiger partial charge in [0.1, 0.15) is 11.3 Å². The number of benzene rings is 4. The number of nitro groups is 1. The van der Waals surface area contributed by atoms with Crippen LogP contribution in [0.2, 0.25) is 0 Å². The minimum atomic E-state index is -1.96. The molecule has 4 unspecified atom stereocenters. The van der Waals surface area contributed by atoms with E-state index in [1.54, 1.807) is 84.9 Å². The first-order valence-corrected chi connectivity index (χ1v) is 13.5. The molecule has 2 N–H and O–H groups in total. The molecule has 0 aliphatic carbocycles. The molecule has 1 heterocycles.